The van der Waals surface area contributed by atoms with Crippen LogP contribution in [0.25, 0.3) is 0 Å². The maximum Gasteiger partial charge on any atom is 0.391 e. The Kier molecular flexibility index (Phi) is 5.26. The van der Waals surface area contributed by atoms with Crippen LogP contribution in [0.2, 0.25) is 0 Å². The lowest BCUT2D eigenvalue weighted by atomic mass is 9.85. The molecule has 0 unspecified atom stereocenters. The van der Waals surface area contributed by atoms with E-state index in [0.29, 0.717) is 25.7 Å². The highest BCUT2D eigenvalue weighted by Gasteiger charge is 2.42. The summed E-state index contributed by atoms with van der Waals surface area (Å²) >= 11 is 0. The van der Waals surface area contributed by atoms with Gasteiger partial charge in [-0.15, -0.1) is 0 Å². The number of benzene rings is 1. The Morgan fingerprint density at radius 2 is 1.90 bits per heavy atom. The van der Waals surface area contributed by atoms with Crippen LogP contribution in [0.4, 0.5) is 13.2 Å². The largest absolute Gasteiger partial charge is 0.391 e. The number of hydrogen-bond donors (Lipinski definition) is 1. The third kappa shape index (κ3) is 5.06. The number of hydrogen-bond acceptors (Lipinski definition) is 1. The summed E-state index contributed by atoms with van der Waals surface area (Å²) in [7, 11) is 0. The Morgan fingerprint density at radius 1 is 1.19 bits per heavy atom. The minimum Gasteiger partial charge on any atom is -0.353 e. The fourth-order valence-corrected chi connectivity index (χ4v) is 2.82. The first-order valence-electron chi connectivity index (χ1n) is 7.35. The molecule has 116 valence electrons. The van der Waals surface area contributed by atoms with E-state index in [1.54, 1.807) is 0 Å². The van der Waals surface area contributed by atoms with Gasteiger partial charge in [0.2, 0.25) is 5.91 Å². The van der Waals surface area contributed by atoms with Crippen LogP contribution < -0.4 is 5.32 Å². The average Bonchev–Trinajstić information content (AvgIpc) is 2.46. The number of alkyl halides is 3. The Hall–Kier alpha value is -1.52. The topological polar surface area (TPSA) is 29.1 Å². The fraction of sp³-hybridized carbons (Fsp3) is 0.562. The third-order valence-electron chi connectivity index (χ3n) is 3.99. The molecule has 1 aromatic rings. The van der Waals surface area contributed by atoms with Crippen LogP contribution in [-0.2, 0) is 11.2 Å². The maximum atomic E-state index is 12.7. The van der Waals surface area contributed by atoms with E-state index in [4.69, 9.17) is 0 Å². The molecule has 1 aliphatic carbocycles. The van der Waals surface area contributed by atoms with Crippen LogP contribution in [0.5, 0.6) is 0 Å². The molecule has 0 aromatic heterocycles. The van der Waals surface area contributed by atoms with Crippen molar-refractivity contribution in [3.8, 4) is 0 Å². The molecular formula is C16H20F3NO. The molecule has 0 spiro atoms. The zero-order valence-electron chi connectivity index (χ0n) is 11.8. The first-order valence-corrected chi connectivity index (χ1v) is 7.35. The van der Waals surface area contributed by atoms with Crippen molar-refractivity contribution in [2.45, 2.75) is 50.7 Å². The van der Waals surface area contributed by atoms with Crippen molar-refractivity contribution in [1.29, 1.82) is 0 Å². The number of rotatable bonds is 4. The van der Waals surface area contributed by atoms with Gasteiger partial charge in [-0.25, -0.2) is 0 Å². The van der Waals surface area contributed by atoms with E-state index in [1.165, 1.54) is 0 Å². The van der Waals surface area contributed by atoms with E-state index in [9.17, 15) is 18.0 Å². The molecule has 0 bridgehead atoms. The van der Waals surface area contributed by atoms with Gasteiger partial charge in [0, 0.05) is 12.5 Å². The van der Waals surface area contributed by atoms with Crippen molar-refractivity contribution < 1.29 is 18.0 Å². The molecule has 1 amide bonds. The second-order valence-electron chi connectivity index (χ2n) is 5.66. The van der Waals surface area contributed by atoms with Crippen molar-refractivity contribution in [3.63, 3.8) is 0 Å². The van der Waals surface area contributed by atoms with Crippen LogP contribution in [0, 0.1) is 5.92 Å². The molecule has 2 rings (SSSR count). The Balaban J connectivity index is 1.77. The summed E-state index contributed by atoms with van der Waals surface area (Å²) in [5, 5.41) is 2.75. The number of aryl methyl sites for hydroxylation is 1. The molecule has 0 aliphatic heterocycles. The summed E-state index contributed by atoms with van der Waals surface area (Å²) in [6.07, 6.45) is -1.86. The Bertz CT molecular complexity index is 458. The van der Waals surface area contributed by atoms with Crippen LogP contribution in [0.3, 0.4) is 0 Å². The van der Waals surface area contributed by atoms with E-state index in [0.717, 1.165) is 5.56 Å². The van der Waals surface area contributed by atoms with Gasteiger partial charge in [0.15, 0.2) is 0 Å². The molecule has 2 atom stereocenters. The van der Waals surface area contributed by atoms with Crippen molar-refractivity contribution in [2.75, 3.05) is 0 Å². The molecule has 0 radical (unpaired) electrons. The van der Waals surface area contributed by atoms with Gasteiger partial charge in [-0.1, -0.05) is 36.8 Å². The highest BCUT2D eigenvalue weighted by atomic mass is 19.4. The summed E-state index contributed by atoms with van der Waals surface area (Å²) in [6, 6.07) is 9.25. The van der Waals surface area contributed by atoms with Gasteiger partial charge in [-0.05, 0) is 31.2 Å². The number of amides is 1. The second kappa shape index (κ2) is 6.96. The van der Waals surface area contributed by atoms with Gasteiger partial charge >= 0.3 is 6.18 Å². The van der Waals surface area contributed by atoms with Crippen LogP contribution in [0.15, 0.2) is 30.3 Å². The molecule has 1 aliphatic rings. The van der Waals surface area contributed by atoms with Gasteiger partial charge < -0.3 is 5.32 Å². The smallest absolute Gasteiger partial charge is 0.353 e. The van der Waals surface area contributed by atoms with Crippen molar-refractivity contribution in [2.24, 2.45) is 5.92 Å². The summed E-state index contributed by atoms with van der Waals surface area (Å²) in [4.78, 5) is 11.8. The normalized spacial score (nSPS) is 22.8. The summed E-state index contributed by atoms with van der Waals surface area (Å²) in [6.45, 7) is 0. The van der Waals surface area contributed by atoms with Gasteiger partial charge in [0.05, 0.1) is 5.92 Å². The van der Waals surface area contributed by atoms with Crippen LogP contribution in [0.1, 0.15) is 37.7 Å². The van der Waals surface area contributed by atoms with Crippen molar-refractivity contribution in [3.05, 3.63) is 35.9 Å². The maximum absolute atomic E-state index is 12.7. The van der Waals surface area contributed by atoms with Crippen molar-refractivity contribution >= 4 is 5.91 Å². The highest BCUT2D eigenvalue weighted by Crippen LogP contribution is 2.37. The summed E-state index contributed by atoms with van der Waals surface area (Å²) in [5.41, 5.74) is 1.06. The average molecular weight is 299 g/mol. The standard InChI is InChI=1S/C16H20F3NO/c17-16(18,19)13-7-4-8-14(11-13)20-15(21)10-9-12-5-2-1-3-6-12/h1-3,5-6,13-14H,4,7-11H2,(H,20,21)/t13-,14-/m0/s1. The first-order chi connectivity index (χ1) is 9.95. The SMILES string of the molecule is O=C(CCc1ccccc1)N[C@H]1CCC[C@H](C(F)(F)F)C1. The molecule has 2 nitrogen and oxygen atoms in total. The van der Waals surface area contributed by atoms with E-state index >= 15 is 0 Å². The van der Waals surface area contributed by atoms with E-state index in [2.05, 4.69) is 5.32 Å². The highest BCUT2D eigenvalue weighted by molar-refractivity contribution is 5.76. The molecule has 0 heterocycles. The van der Waals surface area contributed by atoms with Crippen molar-refractivity contribution in [1.82, 2.24) is 5.32 Å². The zero-order valence-corrected chi connectivity index (χ0v) is 11.8. The van der Waals surface area contributed by atoms with Crippen LogP contribution >= 0.6 is 0 Å². The van der Waals surface area contributed by atoms with E-state index < -0.39 is 12.1 Å². The number of nitrogens with one attached hydrogen (secondary N) is 1. The number of carbonyl (C=O) groups excluding carboxylic acids is 1. The lowest BCUT2D eigenvalue weighted by Crippen LogP contribution is -2.41. The lowest BCUT2D eigenvalue weighted by molar-refractivity contribution is -0.184. The minimum absolute atomic E-state index is 0.0145. The number of halogens is 3. The van der Waals surface area contributed by atoms with E-state index in [1.807, 2.05) is 30.3 Å². The van der Waals surface area contributed by atoms with E-state index in [-0.39, 0.29) is 24.8 Å². The molecule has 0 saturated heterocycles. The summed E-state index contributed by atoms with van der Waals surface area (Å²) < 4.78 is 38.1. The van der Waals surface area contributed by atoms with Gasteiger partial charge in [0.1, 0.15) is 0 Å². The van der Waals surface area contributed by atoms with Crippen LogP contribution in [-0.4, -0.2) is 18.1 Å². The monoisotopic (exact) mass is 299 g/mol. The predicted molar refractivity (Wildman–Crippen MR) is 74.7 cm³/mol. The lowest BCUT2D eigenvalue weighted by Gasteiger charge is -2.31. The molecule has 1 aromatic carbocycles. The molecular weight excluding hydrogens is 279 g/mol. The molecule has 5 heteroatoms. The summed E-state index contributed by atoms with van der Waals surface area (Å²) in [5.74, 6) is -1.43. The quantitative estimate of drug-likeness (QED) is 0.899. The zero-order chi connectivity index (χ0) is 15.3. The second-order valence-corrected chi connectivity index (χ2v) is 5.66. The molecule has 1 N–H and O–H groups in total. The van der Waals surface area contributed by atoms with Gasteiger partial charge in [-0.2, -0.15) is 13.2 Å². The molecule has 1 saturated carbocycles. The predicted octanol–water partition coefficient (Wildman–Crippen LogP) is 3.86. The Morgan fingerprint density at radius 3 is 2.57 bits per heavy atom. The molecule has 1 fully saturated rings. The number of carbonyl (C=O) groups is 1. The molecule has 21 heavy (non-hydrogen) atoms. The van der Waals surface area contributed by atoms with Gasteiger partial charge in [0.25, 0.3) is 0 Å². The Labute approximate surface area is 122 Å². The first kappa shape index (κ1) is 15.9. The third-order valence-corrected chi connectivity index (χ3v) is 3.99. The van der Waals surface area contributed by atoms with Gasteiger partial charge in [-0.3, -0.25) is 4.79 Å². The minimum atomic E-state index is -4.15. The fourth-order valence-electron chi connectivity index (χ4n) is 2.82.